The first-order valence-electron chi connectivity index (χ1n) is 11.8. The number of carbonyl (C=O) groups excluding carboxylic acids is 1. The molecular formula is C24H32ClF3N4O3S. The number of imidazole rings is 1. The average Bonchev–Trinajstić information content (AvgIpc) is 3.26. The number of sulfonamides is 1. The van der Waals surface area contributed by atoms with Crippen molar-refractivity contribution in [2.45, 2.75) is 61.9 Å². The van der Waals surface area contributed by atoms with Gasteiger partial charge in [0.15, 0.2) is 10.8 Å². The standard InChI is InChI=1S/C24H31F3N4O3S.ClH/c1-18-4-3-5-19(25)22(18)20(32)6-7-23(8-10-24(26,27)11-9-23)30-12-14-31(15-13-30)35(33,34)21-16-29(2)17-28-21;/h3-5,16-17H,6-15H2,1-2H3;1H. The van der Waals surface area contributed by atoms with Gasteiger partial charge in [-0.25, -0.2) is 26.6 Å². The fourth-order valence-electron chi connectivity index (χ4n) is 5.32. The minimum Gasteiger partial charge on any atom is -0.339 e. The maximum atomic E-state index is 14.3. The molecule has 2 aliphatic rings. The number of nitrogens with zero attached hydrogens (tertiary/aromatic N) is 4. The van der Waals surface area contributed by atoms with E-state index in [1.807, 2.05) is 0 Å². The molecule has 1 saturated carbocycles. The molecule has 7 nitrogen and oxygen atoms in total. The third-order valence-electron chi connectivity index (χ3n) is 7.43. The Hall–Kier alpha value is -1.95. The van der Waals surface area contributed by atoms with Gasteiger partial charge in [0.1, 0.15) is 5.82 Å². The zero-order valence-corrected chi connectivity index (χ0v) is 22.1. The number of hydrogen-bond acceptors (Lipinski definition) is 5. The Morgan fingerprint density at radius 2 is 1.72 bits per heavy atom. The smallest absolute Gasteiger partial charge is 0.262 e. The van der Waals surface area contributed by atoms with Crippen molar-refractivity contribution in [1.29, 1.82) is 0 Å². The van der Waals surface area contributed by atoms with Gasteiger partial charge in [-0.05, 0) is 37.8 Å². The summed E-state index contributed by atoms with van der Waals surface area (Å²) >= 11 is 0. The summed E-state index contributed by atoms with van der Waals surface area (Å²) in [6.45, 7) is 2.82. The molecule has 1 aliphatic carbocycles. The van der Waals surface area contributed by atoms with Crippen LogP contribution in [0.3, 0.4) is 0 Å². The predicted molar refractivity (Wildman–Crippen MR) is 132 cm³/mol. The molecule has 0 amide bonds. The topological polar surface area (TPSA) is 75.5 Å². The lowest BCUT2D eigenvalue weighted by molar-refractivity contribution is -0.0891. The van der Waals surface area contributed by atoms with Gasteiger partial charge in [-0.2, -0.15) is 4.31 Å². The lowest BCUT2D eigenvalue weighted by atomic mass is 9.74. The average molecular weight is 549 g/mol. The van der Waals surface area contributed by atoms with Gasteiger partial charge >= 0.3 is 0 Å². The van der Waals surface area contributed by atoms with Gasteiger partial charge in [-0.15, -0.1) is 12.4 Å². The van der Waals surface area contributed by atoms with Gasteiger partial charge in [0.25, 0.3) is 10.0 Å². The van der Waals surface area contributed by atoms with Crippen molar-refractivity contribution in [2.75, 3.05) is 26.2 Å². The number of Topliss-reactive ketones (excluding diaryl/α,β-unsaturated/α-hetero) is 1. The molecule has 0 radical (unpaired) electrons. The Balaban J connectivity index is 0.00000361. The molecule has 1 aliphatic heterocycles. The SMILES string of the molecule is Cc1cccc(F)c1C(=O)CCC1(N2CCN(S(=O)(=O)c3cn(C)cn3)CC2)CCC(F)(F)CC1.Cl. The van der Waals surface area contributed by atoms with Gasteiger partial charge < -0.3 is 4.57 Å². The minimum absolute atomic E-state index is 0. The van der Waals surface area contributed by atoms with Crippen LogP contribution in [0.15, 0.2) is 35.7 Å². The summed E-state index contributed by atoms with van der Waals surface area (Å²) in [5.74, 6) is -3.67. The van der Waals surface area contributed by atoms with Crippen molar-refractivity contribution in [1.82, 2.24) is 18.8 Å². The molecular weight excluding hydrogens is 517 g/mol. The van der Waals surface area contributed by atoms with Crippen LogP contribution in [0, 0.1) is 12.7 Å². The molecule has 0 bridgehead atoms. The highest BCUT2D eigenvalue weighted by molar-refractivity contribution is 7.89. The van der Waals surface area contributed by atoms with Crippen molar-refractivity contribution < 1.29 is 26.4 Å². The number of aromatic nitrogens is 2. The molecule has 1 aromatic heterocycles. The Bertz CT molecular complexity index is 1170. The minimum atomic E-state index is -3.75. The highest BCUT2D eigenvalue weighted by Gasteiger charge is 2.47. The molecule has 0 unspecified atom stereocenters. The Morgan fingerprint density at radius 3 is 2.28 bits per heavy atom. The monoisotopic (exact) mass is 548 g/mol. The normalized spacial score (nSPS) is 20.6. The van der Waals surface area contributed by atoms with E-state index in [1.54, 1.807) is 30.7 Å². The van der Waals surface area contributed by atoms with Crippen LogP contribution in [0.25, 0.3) is 0 Å². The quantitative estimate of drug-likeness (QED) is 0.485. The third-order valence-corrected chi connectivity index (χ3v) is 9.21. The lowest BCUT2D eigenvalue weighted by Crippen LogP contribution is -2.59. The second kappa shape index (κ2) is 10.8. The Labute approximate surface area is 216 Å². The molecule has 2 aromatic rings. The van der Waals surface area contributed by atoms with E-state index < -0.39 is 27.3 Å². The fraction of sp³-hybridized carbons (Fsp3) is 0.583. The van der Waals surface area contributed by atoms with E-state index >= 15 is 0 Å². The number of benzene rings is 1. The van der Waals surface area contributed by atoms with Crippen LogP contribution < -0.4 is 0 Å². The van der Waals surface area contributed by atoms with Gasteiger partial charge in [-0.1, -0.05) is 12.1 Å². The maximum Gasteiger partial charge on any atom is 0.262 e. The second-order valence-corrected chi connectivity index (χ2v) is 11.6. The molecule has 0 N–H and O–H groups in total. The molecule has 1 aromatic carbocycles. The van der Waals surface area contributed by atoms with Crippen LogP contribution in [-0.4, -0.2) is 70.6 Å². The Kier molecular flexibility index (Phi) is 8.59. The third kappa shape index (κ3) is 5.79. The predicted octanol–water partition coefficient (Wildman–Crippen LogP) is 4.21. The molecule has 1 saturated heterocycles. The van der Waals surface area contributed by atoms with Crippen molar-refractivity contribution in [2.24, 2.45) is 7.05 Å². The first-order valence-corrected chi connectivity index (χ1v) is 13.3. The summed E-state index contributed by atoms with van der Waals surface area (Å²) < 4.78 is 71.2. The first kappa shape index (κ1) is 28.6. The van der Waals surface area contributed by atoms with Crippen molar-refractivity contribution in [3.63, 3.8) is 0 Å². The summed E-state index contributed by atoms with van der Waals surface area (Å²) in [6.07, 6.45) is 3.08. The van der Waals surface area contributed by atoms with Crippen molar-refractivity contribution in [3.05, 3.63) is 47.7 Å². The molecule has 4 rings (SSSR count). The van der Waals surface area contributed by atoms with E-state index in [2.05, 4.69) is 9.88 Å². The molecule has 0 spiro atoms. The zero-order chi connectivity index (χ0) is 25.4. The van der Waals surface area contributed by atoms with E-state index in [1.165, 1.54) is 22.9 Å². The molecule has 0 atom stereocenters. The Morgan fingerprint density at radius 1 is 1.08 bits per heavy atom. The largest absolute Gasteiger partial charge is 0.339 e. The number of ketones is 1. The van der Waals surface area contributed by atoms with Crippen LogP contribution in [0.4, 0.5) is 13.2 Å². The number of aryl methyl sites for hydroxylation is 2. The van der Waals surface area contributed by atoms with E-state index in [9.17, 15) is 26.4 Å². The van der Waals surface area contributed by atoms with Gasteiger partial charge in [-0.3, -0.25) is 9.69 Å². The molecule has 36 heavy (non-hydrogen) atoms. The van der Waals surface area contributed by atoms with Gasteiger partial charge in [0.05, 0.1) is 11.9 Å². The van der Waals surface area contributed by atoms with Crippen molar-refractivity contribution in [3.8, 4) is 0 Å². The number of carbonyl (C=O) groups is 1. The first-order chi connectivity index (χ1) is 16.4. The summed E-state index contributed by atoms with van der Waals surface area (Å²) in [5, 5.41) is -0.0219. The fourth-order valence-corrected chi connectivity index (χ4v) is 6.71. The van der Waals surface area contributed by atoms with Crippen LogP contribution in [-0.2, 0) is 17.1 Å². The van der Waals surface area contributed by atoms with E-state index in [0.29, 0.717) is 25.1 Å². The number of alkyl halides is 2. The molecule has 200 valence electrons. The van der Waals surface area contributed by atoms with Crippen LogP contribution in [0.2, 0.25) is 0 Å². The number of halogens is 4. The highest BCUT2D eigenvalue weighted by Crippen LogP contribution is 2.44. The van der Waals surface area contributed by atoms with E-state index in [-0.39, 0.29) is 74.0 Å². The highest BCUT2D eigenvalue weighted by atomic mass is 35.5. The van der Waals surface area contributed by atoms with Gasteiger partial charge in [0, 0.05) is 64.2 Å². The summed E-state index contributed by atoms with van der Waals surface area (Å²) in [7, 11) is -2.05. The van der Waals surface area contributed by atoms with Crippen LogP contribution in [0.1, 0.15) is 54.4 Å². The number of rotatable bonds is 7. The van der Waals surface area contributed by atoms with Crippen molar-refractivity contribution >= 4 is 28.2 Å². The van der Waals surface area contributed by atoms with E-state index in [4.69, 9.17) is 0 Å². The summed E-state index contributed by atoms with van der Waals surface area (Å²) in [4.78, 5) is 18.9. The zero-order valence-electron chi connectivity index (χ0n) is 20.4. The molecule has 2 heterocycles. The number of piperazine rings is 1. The maximum absolute atomic E-state index is 14.3. The molecule has 12 heteroatoms. The lowest BCUT2D eigenvalue weighted by Gasteiger charge is -2.50. The van der Waals surface area contributed by atoms with Crippen LogP contribution in [0.5, 0.6) is 0 Å². The van der Waals surface area contributed by atoms with Crippen LogP contribution >= 0.6 is 12.4 Å². The molecule has 2 fully saturated rings. The summed E-state index contributed by atoms with van der Waals surface area (Å²) in [6, 6.07) is 4.47. The van der Waals surface area contributed by atoms with Gasteiger partial charge in [0.2, 0.25) is 5.92 Å². The van der Waals surface area contributed by atoms with E-state index in [0.717, 1.165) is 0 Å². The second-order valence-electron chi connectivity index (χ2n) is 9.70. The summed E-state index contributed by atoms with van der Waals surface area (Å²) in [5.41, 5.74) is -0.0557. The number of hydrogen-bond donors (Lipinski definition) is 0.